The third-order valence-corrected chi connectivity index (χ3v) is 8.07. The number of nitrogens with two attached hydrogens (primary N) is 1. The minimum absolute atomic E-state index is 0.156. The monoisotopic (exact) mass is 519 g/mol. The van der Waals surface area contributed by atoms with Crippen LogP contribution in [0, 0.1) is 0 Å². The van der Waals surface area contributed by atoms with Gasteiger partial charge in [-0.15, -0.1) is 0 Å². The van der Waals surface area contributed by atoms with Gasteiger partial charge in [0.1, 0.15) is 9.79 Å². The second kappa shape index (κ2) is 8.72. The summed E-state index contributed by atoms with van der Waals surface area (Å²) < 4.78 is 85.1. The van der Waals surface area contributed by atoms with Gasteiger partial charge in [-0.05, 0) is 59.3 Å². The fraction of sp³-hybridized carbons (Fsp3) is 0. The predicted molar refractivity (Wildman–Crippen MR) is 124 cm³/mol. The van der Waals surface area contributed by atoms with Gasteiger partial charge in [0.2, 0.25) is 10.0 Å². The molecular formula is C22H17NO8S3. The highest BCUT2D eigenvalue weighted by molar-refractivity contribution is 7.89. The van der Waals surface area contributed by atoms with E-state index in [2.05, 4.69) is 0 Å². The maximum absolute atomic E-state index is 12.8. The van der Waals surface area contributed by atoms with E-state index in [1.54, 1.807) is 12.1 Å². The van der Waals surface area contributed by atoms with Gasteiger partial charge in [-0.25, -0.2) is 13.6 Å². The van der Waals surface area contributed by atoms with Crippen molar-refractivity contribution in [3.63, 3.8) is 0 Å². The van der Waals surface area contributed by atoms with Crippen molar-refractivity contribution < 1.29 is 33.6 Å². The highest BCUT2D eigenvalue weighted by atomic mass is 32.2. The molecule has 0 bridgehead atoms. The maximum Gasteiger partial charge on any atom is 0.339 e. The third kappa shape index (κ3) is 5.04. The van der Waals surface area contributed by atoms with Crippen molar-refractivity contribution in [2.75, 3.05) is 0 Å². The Hall–Kier alpha value is -3.45. The predicted octanol–water partition coefficient (Wildman–Crippen LogP) is 3.02. The number of fused-ring (bicyclic) bond motifs is 1. The molecule has 0 aliphatic heterocycles. The number of hydrogen-bond acceptors (Lipinski definition) is 8. The number of benzene rings is 4. The lowest BCUT2D eigenvalue weighted by Gasteiger charge is -2.14. The summed E-state index contributed by atoms with van der Waals surface area (Å²) in [6.07, 6.45) is 0. The molecule has 0 aliphatic rings. The summed E-state index contributed by atoms with van der Waals surface area (Å²) in [4.78, 5) is -0.552. The molecule has 0 aliphatic carbocycles. The van der Waals surface area contributed by atoms with Gasteiger partial charge >= 0.3 is 20.2 Å². The Morgan fingerprint density at radius 3 is 1.38 bits per heavy atom. The Morgan fingerprint density at radius 2 is 0.941 bits per heavy atom. The van der Waals surface area contributed by atoms with Crippen molar-refractivity contribution in [1.82, 2.24) is 0 Å². The first-order valence-electron chi connectivity index (χ1n) is 9.55. The van der Waals surface area contributed by atoms with Crippen LogP contribution in [0.4, 0.5) is 0 Å². The van der Waals surface area contributed by atoms with E-state index in [1.165, 1.54) is 78.9 Å². The second-order valence-electron chi connectivity index (χ2n) is 7.05. The van der Waals surface area contributed by atoms with E-state index in [9.17, 15) is 25.3 Å². The normalized spacial score (nSPS) is 12.4. The Kier molecular flexibility index (Phi) is 6.08. The zero-order valence-corrected chi connectivity index (χ0v) is 19.7. The van der Waals surface area contributed by atoms with E-state index in [4.69, 9.17) is 13.5 Å². The summed E-state index contributed by atoms with van der Waals surface area (Å²) in [5.74, 6) is -0.860. The van der Waals surface area contributed by atoms with Crippen molar-refractivity contribution in [3.05, 3.63) is 91.0 Å². The number of hydrogen-bond donors (Lipinski definition) is 1. The molecule has 0 fully saturated rings. The standard InChI is InChI=1S/C22H17NO8S3/c23-32(24,25)20-12-11-16-14-21(30-33(26,27)18-7-3-1-4-8-18)22(15-17(16)13-20)31-34(28,29)19-9-5-2-6-10-19/h1-15H,(H2,23,24,25). The molecule has 9 nitrogen and oxygen atoms in total. The first-order chi connectivity index (χ1) is 16.0. The highest BCUT2D eigenvalue weighted by Gasteiger charge is 2.24. The summed E-state index contributed by atoms with van der Waals surface area (Å²) in [5.41, 5.74) is 0. The summed E-state index contributed by atoms with van der Waals surface area (Å²) in [5, 5.41) is 5.77. The Labute approximate surface area is 196 Å². The Morgan fingerprint density at radius 1 is 0.500 bits per heavy atom. The van der Waals surface area contributed by atoms with Crippen molar-refractivity contribution in [2.24, 2.45) is 5.14 Å². The van der Waals surface area contributed by atoms with Crippen LogP contribution in [0.25, 0.3) is 10.8 Å². The minimum Gasteiger partial charge on any atom is -0.375 e. The maximum atomic E-state index is 12.8. The second-order valence-corrected chi connectivity index (χ2v) is 11.7. The van der Waals surface area contributed by atoms with Gasteiger partial charge in [0.15, 0.2) is 11.5 Å². The molecule has 4 aromatic carbocycles. The molecule has 0 saturated heterocycles. The smallest absolute Gasteiger partial charge is 0.339 e. The van der Waals surface area contributed by atoms with Crippen LogP contribution in [-0.4, -0.2) is 25.3 Å². The summed E-state index contributed by atoms with van der Waals surface area (Å²) in [6.45, 7) is 0. The van der Waals surface area contributed by atoms with Crippen molar-refractivity contribution in [2.45, 2.75) is 14.7 Å². The van der Waals surface area contributed by atoms with Crippen LogP contribution in [0.15, 0.2) is 106 Å². The zero-order chi connectivity index (χ0) is 24.6. The molecule has 34 heavy (non-hydrogen) atoms. The lowest BCUT2D eigenvalue weighted by Crippen LogP contribution is -2.14. The van der Waals surface area contributed by atoms with Gasteiger partial charge < -0.3 is 8.37 Å². The van der Waals surface area contributed by atoms with Gasteiger partial charge in [0.25, 0.3) is 0 Å². The fourth-order valence-electron chi connectivity index (χ4n) is 3.05. The molecule has 4 rings (SSSR count). The molecule has 0 atom stereocenters. The van der Waals surface area contributed by atoms with Crippen LogP contribution in [0.5, 0.6) is 11.5 Å². The highest BCUT2D eigenvalue weighted by Crippen LogP contribution is 2.37. The van der Waals surface area contributed by atoms with Crippen molar-refractivity contribution in [1.29, 1.82) is 0 Å². The van der Waals surface area contributed by atoms with Crippen molar-refractivity contribution >= 4 is 41.0 Å². The first-order valence-corrected chi connectivity index (χ1v) is 13.9. The third-order valence-electron chi connectivity index (χ3n) is 4.67. The molecule has 176 valence electrons. The zero-order valence-electron chi connectivity index (χ0n) is 17.2. The molecule has 0 saturated carbocycles. The van der Waals surface area contributed by atoms with Crippen LogP contribution in [0.1, 0.15) is 0 Å². The first kappa shape index (κ1) is 23.7. The van der Waals surface area contributed by atoms with E-state index in [-0.39, 0.29) is 20.1 Å². The quantitative estimate of drug-likeness (QED) is 0.367. The summed E-state index contributed by atoms with van der Waals surface area (Å²) in [7, 11) is -12.8. The summed E-state index contributed by atoms with van der Waals surface area (Å²) >= 11 is 0. The molecule has 0 aromatic heterocycles. The van der Waals surface area contributed by atoms with E-state index < -0.39 is 41.8 Å². The van der Waals surface area contributed by atoms with Crippen LogP contribution in [0.2, 0.25) is 0 Å². The SMILES string of the molecule is NS(=O)(=O)c1ccc2cc(OS(=O)(=O)c3ccccc3)c(OS(=O)(=O)c3ccccc3)cc2c1. The topological polar surface area (TPSA) is 147 Å². The van der Waals surface area contributed by atoms with Crippen LogP contribution in [-0.2, 0) is 30.3 Å². The molecule has 12 heteroatoms. The molecule has 4 aromatic rings. The lowest BCUT2D eigenvalue weighted by atomic mass is 10.1. The summed E-state index contributed by atoms with van der Waals surface area (Å²) in [6, 6.07) is 20.7. The van der Waals surface area contributed by atoms with E-state index in [0.29, 0.717) is 5.39 Å². The lowest BCUT2D eigenvalue weighted by molar-refractivity contribution is 0.450. The van der Waals surface area contributed by atoms with Gasteiger partial charge in [0.05, 0.1) is 4.90 Å². The van der Waals surface area contributed by atoms with Gasteiger partial charge in [-0.3, -0.25) is 0 Å². The van der Waals surface area contributed by atoms with Crippen molar-refractivity contribution in [3.8, 4) is 11.5 Å². The molecule has 0 heterocycles. The number of sulfonamides is 1. The van der Waals surface area contributed by atoms with Gasteiger partial charge in [-0.1, -0.05) is 42.5 Å². The van der Waals surface area contributed by atoms with Gasteiger partial charge in [0, 0.05) is 0 Å². The fourth-order valence-corrected chi connectivity index (χ4v) is 5.50. The molecule has 0 amide bonds. The molecular weight excluding hydrogens is 502 g/mol. The Bertz CT molecular complexity index is 1690. The average Bonchev–Trinajstić information content (AvgIpc) is 2.79. The minimum atomic E-state index is -4.38. The van der Waals surface area contributed by atoms with E-state index in [1.807, 2.05) is 0 Å². The molecule has 2 N–H and O–H groups in total. The number of primary sulfonamides is 1. The molecule has 0 radical (unpaired) electrons. The van der Waals surface area contributed by atoms with Gasteiger partial charge in [-0.2, -0.15) is 16.8 Å². The van der Waals surface area contributed by atoms with Crippen LogP contribution < -0.4 is 13.5 Å². The Balaban J connectivity index is 1.87. The largest absolute Gasteiger partial charge is 0.375 e. The average molecular weight is 520 g/mol. The van der Waals surface area contributed by atoms with E-state index >= 15 is 0 Å². The molecule has 0 unspecified atom stereocenters. The number of rotatable bonds is 7. The van der Waals surface area contributed by atoms with Crippen LogP contribution >= 0.6 is 0 Å². The molecule has 0 spiro atoms. The van der Waals surface area contributed by atoms with Crippen LogP contribution in [0.3, 0.4) is 0 Å². The van der Waals surface area contributed by atoms with E-state index in [0.717, 1.165) is 0 Å².